The number of carbonyl (C=O) groups excluding carboxylic acids is 1. The highest BCUT2D eigenvalue weighted by atomic mass is 16.1. The van der Waals surface area contributed by atoms with Crippen LogP contribution in [0.5, 0.6) is 0 Å². The number of aryl methyl sites for hydroxylation is 1. The van der Waals surface area contributed by atoms with Gasteiger partial charge in [0.1, 0.15) is 5.82 Å². The minimum absolute atomic E-state index is 0.338. The fraction of sp³-hybridized carbons (Fsp3) is 0.318. The van der Waals surface area contributed by atoms with E-state index >= 15 is 0 Å². The number of primary amides is 1. The zero-order valence-corrected chi connectivity index (χ0v) is 15.5. The number of hydrogen-bond donors (Lipinski definition) is 2. The van der Waals surface area contributed by atoms with Crippen molar-refractivity contribution in [2.24, 2.45) is 5.73 Å². The van der Waals surface area contributed by atoms with Crippen molar-refractivity contribution in [1.29, 1.82) is 0 Å². The number of fused-ring (bicyclic) bond motifs is 1. The number of para-hydroxylation sites is 1. The third-order valence-electron chi connectivity index (χ3n) is 5.56. The van der Waals surface area contributed by atoms with Crippen LogP contribution >= 0.6 is 0 Å². The number of hydrogen-bond acceptors (Lipinski definition) is 4. The van der Waals surface area contributed by atoms with Crippen LogP contribution in [0.25, 0.3) is 10.9 Å². The number of anilines is 1. The maximum atomic E-state index is 11.7. The van der Waals surface area contributed by atoms with Crippen LogP contribution in [0.1, 0.15) is 53.1 Å². The number of aromatic nitrogens is 2. The molecule has 138 valence electrons. The molecular formula is C22H24N4O. The number of rotatable bonds is 4. The summed E-state index contributed by atoms with van der Waals surface area (Å²) in [7, 11) is 0. The Morgan fingerprint density at radius 2 is 1.93 bits per heavy atom. The minimum Gasteiger partial charge on any atom is -0.367 e. The van der Waals surface area contributed by atoms with Crippen molar-refractivity contribution >= 4 is 22.6 Å². The maximum Gasteiger partial charge on any atom is 0.249 e. The molecule has 0 atom stereocenters. The predicted molar refractivity (Wildman–Crippen MR) is 108 cm³/mol. The van der Waals surface area contributed by atoms with Crippen molar-refractivity contribution in [2.75, 3.05) is 5.32 Å². The van der Waals surface area contributed by atoms with E-state index in [-0.39, 0.29) is 5.91 Å². The van der Waals surface area contributed by atoms with E-state index in [1.807, 2.05) is 12.1 Å². The highest BCUT2D eigenvalue weighted by Crippen LogP contribution is 2.35. The average molecular weight is 360 g/mol. The summed E-state index contributed by atoms with van der Waals surface area (Å²) in [5, 5.41) is 4.80. The molecule has 0 unspecified atom stereocenters. The van der Waals surface area contributed by atoms with Crippen LogP contribution in [0, 0.1) is 6.92 Å². The molecule has 0 aliphatic heterocycles. The average Bonchev–Trinajstić information content (AvgIpc) is 2.69. The Morgan fingerprint density at radius 1 is 1.15 bits per heavy atom. The second-order valence-corrected chi connectivity index (χ2v) is 7.36. The molecule has 3 aromatic rings. The van der Waals surface area contributed by atoms with Gasteiger partial charge in [0.2, 0.25) is 5.91 Å². The summed E-state index contributed by atoms with van der Waals surface area (Å²) in [5.74, 6) is 0.905. The van der Waals surface area contributed by atoms with E-state index < -0.39 is 0 Å². The van der Waals surface area contributed by atoms with Gasteiger partial charge in [0.15, 0.2) is 0 Å². The van der Waals surface area contributed by atoms with Gasteiger partial charge in [-0.15, -0.1) is 0 Å². The first kappa shape index (κ1) is 17.5. The van der Waals surface area contributed by atoms with E-state index in [0.29, 0.717) is 17.5 Å². The normalized spacial score (nSPS) is 19.7. The van der Waals surface area contributed by atoms with Crippen LogP contribution in [0.15, 0.2) is 48.8 Å². The van der Waals surface area contributed by atoms with Crippen LogP contribution in [0.2, 0.25) is 0 Å². The Bertz CT molecular complexity index is 977. The smallest absolute Gasteiger partial charge is 0.249 e. The van der Waals surface area contributed by atoms with Gasteiger partial charge in [0.25, 0.3) is 0 Å². The summed E-state index contributed by atoms with van der Waals surface area (Å²) in [6.45, 7) is 2.12. The third-order valence-corrected chi connectivity index (χ3v) is 5.56. The lowest BCUT2D eigenvalue weighted by atomic mass is 9.80. The molecule has 1 aromatic carbocycles. The molecule has 0 saturated heterocycles. The van der Waals surface area contributed by atoms with Crippen molar-refractivity contribution < 1.29 is 4.79 Å². The quantitative estimate of drug-likeness (QED) is 0.731. The summed E-state index contributed by atoms with van der Waals surface area (Å²) >= 11 is 0. The van der Waals surface area contributed by atoms with Gasteiger partial charge in [-0.25, -0.2) is 4.98 Å². The first-order valence-corrected chi connectivity index (χ1v) is 9.48. The fourth-order valence-corrected chi connectivity index (χ4v) is 4.14. The number of nitrogens with zero attached hydrogens (tertiary/aromatic N) is 2. The highest BCUT2D eigenvalue weighted by Gasteiger charge is 2.25. The van der Waals surface area contributed by atoms with Crippen LogP contribution < -0.4 is 11.1 Å². The lowest BCUT2D eigenvalue weighted by Gasteiger charge is -2.30. The number of benzene rings is 1. The van der Waals surface area contributed by atoms with Gasteiger partial charge >= 0.3 is 0 Å². The molecule has 3 N–H and O–H groups in total. The fourth-order valence-electron chi connectivity index (χ4n) is 4.14. The molecule has 2 heterocycles. The monoisotopic (exact) mass is 360 g/mol. The Morgan fingerprint density at radius 3 is 2.70 bits per heavy atom. The zero-order valence-electron chi connectivity index (χ0n) is 15.5. The molecule has 4 rings (SSSR count). The molecular weight excluding hydrogens is 336 g/mol. The van der Waals surface area contributed by atoms with Gasteiger partial charge in [-0.3, -0.25) is 9.78 Å². The Hall–Kier alpha value is -2.95. The second kappa shape index (κ2) is 7.35. The van der Waals surface area contributed by atoms with E-state index in [0.717, 1.165) is 42.6 Å². The number of pyridine rings is 2. The summed E-state index contributed by atoms with van der Waals surface area (Å²) in [6, 6.07) is 12.5. The Kier molecular flexibility index (Phi) is 4.75. The van der Waals surface area contributed by atoms with E-state index in [4.69, 9.17) is 10.7 Å². The van der Waals surface area contributed by atoms with Crippen molar-refractivity contribution in [3.8, 4) is 0 Å². The third kappa shape index (κ3) is 3.63. The van der Waals surface area contributed by atoms with Crippen molar-refractivity contribution in [2.45, 2.75) is 44.6 Å². The van der Waals surface area contributed by atoms with E-state index in [1.165, 1.54) is 10.9 Å². The molecule has 0 radical (unpaired) electrons. The molecule has 1 aliphatic carbocycles. The van der Waals surface area contributed by atoms with Crippen LogP contribution in [0.3, 0.4) is 0 Å². The Balaban J connectivity index is 1.45. The van der Waals surface area contributed by atoms with Gasteiger partial charge < -0.3 is 11.1 Å². The maximum absolute atomic E-state index is 11.7. The summed E-state index contributed by atoms with van der Waals surface area (Å²) < 4.78 is 0. The van der Waals surface area contributed by atoms with E-state index in [9.17, 15) is 4.79 Å². The van der Waals surface area contributed by atoms with Gasteiger partial charge in [-0.1, -0.05) is 18.2 Å². The van der Waals surface area contributed by atoms with Crippen LogP contribution in [0.4, 0.5) is 5.82 Å². The number of carbonyl (C=O) groups is 1. The van der Waals surface area contributed by atoms with Crippen molar-refractivity contribution in [3.63, 3.8) is 0 Å². The second-order valence-electron chi connectivity index (χ2n) is 7.36. The van der Waals surface area contributed by atoms with Crippen molar-refractivity contribution in [3.05, 3.63) is 65.5 Å². The van der Waals surface area contributed by atoms with E-state index in [2.05, 4.69) is 35.4 Å². The summed E-state index contributed by atoms with van der Waals surface area (Å²) in [4.78, 5) is 20.6. The largest absolute Gasteiger partial charge is 0.367 e. The molecule has 5 heteroatoms. The number of nitrogens with two attached hydrogens (primary N) is 1. The predicted octanol–water partition coefficient (Wildman–Crippen LogP) is 4.18. The molecule has 1 aliphatic rings. The molecule has 0 bridgehead atoms. The number of nitrogens with one attached hydrogen (secondary N) is 1. The van der Waals surface area contributed by atoms with E-state index in [1.54, 1.807) is 18.5 Å². The van der Waals surface area contributed by atoms with Crippen molar-refractivity contribution in [1.82, 2.24) is 9.97 Å². The lowest BCUT2D eigenvalue weighted by molar-refractivity contribution is 0.0998. The topological polar surface area (TPSA) is 80.9 Å². The first-order valence-electron chi connectivity index (χ1n) is 9.48. The van der Waals surface area contributed by atoms with Gasteiger partial charge in [0, 0.05) is 29.4 Å². The molecule has 2 aromatic heterocycles. The van der Waals surface area contributed by atoms with Gasteiger partial charge in [-0.05, 0) is 67.9 Å². The zero-order chi connectivity index (χ0) is 18.8. The van der Waals surface area contributed by atoms with Crippen LogP contribution in [-0.2, 0) is 0 Å². The van der Waals surface area contributed by atoms with Gasteiger partial charge in [-0.2, -0.15) is 0 Å². The van der Waals surface area contributed by atoms with Crippen LogP contribution in [-0.4, -0.2) is 21.9 Å². The Labute approximate surface area is 159 Å². The minimum atomic E-state index is -0.372. The first-order chi connectivity index (χ1) is 13.1. The summed E-state index contributed by atoms with van der Waals surface area (Å²) in [5.41, 5.74) is 9.37. The molecule has 1 saturated carbocycles. The molecule has 1 amide bonds. The summed E-state index contributed by atoms with van der Waals surface area (Å²) in [6.07, 6.45) is 7.51. The molecule has 1 fully saturated rings. The lowest BCUT2D eigenvalue weighted by Crippen LogP contribution is -2.27. The van der Waals surface area contributed by atoms with Gasteiger partial charge in [0.05, 0.1) is 5.52 Å². The standard InChI is InChI=1S/C22H24N4O/c1-14-12-21(26-20-5-3-2-4-17(14)20)25-16-8-6-15(7-9-16)19-13-24-11-10-18(19)22(23)27/h2-5,10-13,15-16H,6-9H2,1H3,(H2,23,27)(H,25,26). The molecule has 27 heavy (non-hydrogen) atoms. The SMILES string of the molecule is Cc1cc(NC2CCC(c3cnccc3C(N)=O)CC2)nc2ccccc12. The number of amides is 1. The highest BCUT2D eigenvalue weighted by molar-refractivity contribution is 5.94. The molecule has 5 nitrogen and oxygen atoms in total. The molecule has 0 spiro atoms.